The number of hydrogen-bond donors (Lipinski definition) is 0. The molecule has 4 rings (SSSR count). The third-order valence-corrected chi connectivity index (χ3v) is 10.5. The summed E-state index contributed by atoms with van der Waals surface area (Å²) in [6.07, 6.45) is 0.965. The Balaban J connectivity index is 1.54. The highest BCUT2D eigenvalue weighted by Crippen LogP contribution is 2.34. The van der Waals surface area contributed by atoms with Crippen molar-refractivity contribution in [1.82, 2.24) is 14.2 Å². The maximum Gasteiger partial charge on any atom is 0.243 e. The smallest absolute Gasteiger partial charge is 0.243 e. The lowest BCUT2D eigenvalue weighted by molar-refractivity contribution is -0.123. The quantitative estimate of drug-likeness (QED) is 0.352. The number of aryl methyl sites for hydroxylation is 2. The van der Waals surface area contributed by atoms with E-state index in [0.29, 0.717) is 37.5 Å². The van der Waals surface area contributed by atoms with Crippen LogP contribution in [0.25, 0.3) is 10.2 Å². The van der Waals surface area contributed by atoms with Gasteiger partial charge in [-0.15, -0.1) is 0 Å². The van der Waals surface area contributed by atoms with Gasteiger partial charge >= 0.3 is 0 Å². The summed E-state index contributed by atoms with van der Waals surface area (Å²) in [5.41, 5.74) is 3.23. The Morgan fingerprint density at radius 1 is 1.08 bits per heavy atom. The largest absolute Gasteiger partial charge is 0.302 e. The predicted molar refractivity (Wildman–Crippen MR) is 152 cm³/mol. The van der Waals surface area contributed by atoms with Gasteiger partial charge in [0.05, 0.1) is 15.1 Å². The van der Waals surface area contributed by atoms with Gasteiger partial charge in [-0.3, -0.25) is 9.69 Å². The number of amides is 1. The van der Waals surface area contributed by atoms with E-state index in [1.54, 1.807) is 23.5 Å². The van der Waals surface area contributed by atoms with Crippen LogP contribution in [0.5, 0.6) is 0 Å². The van der Waals surface area contributed by atoms with Crippen molar-refractivity contribution in [3.63, 3.8) is 0 Å². The van der Waals surface area contributed by atoms with Crippen LogP contribution in [-0.2, 0) is 14.8 Å². The number of benzene rings is 2. The SMILES string of the molecule is CCN(CC)CCN(C(=O)C1CCN(S(=O)(=O)c2ccc(Cl)cc2)CC1)c1nc2cc(C)cc(C)c2s1. The summed E-state index contributed by atoms with van der Waals surface area (Å²) in [7, 11) is -3.62. The van der Waals surface area contributed by atoms with Crippen LogP contribution in [0, 0.1) is 19.8 Å². The summed E-state index contributed by atoms with van der Waals surface area (Å²) >= 11 is 7.49. The van der Waals surface area contributed by atoms with Crippen LogP contribution in [-0.4, -0.2) is 67.8 Å². The number of sulfonamides is 1. The fourth-order valence-electron chi connectivity index (χ4n) is 4.88. The molecule has 1 aromatic heterocycles. The van der Waals surface area contributed by atoms with Crippen LogP contribution in [0.3, 0.4) is 0 Å². The van der Waals surface area contributed by atoms with Gasteiger partial charge in [0.1, 0.15) is 0 Å². The first-order valence-corrected chi connectivity index (χ1v) is 15.4. The first-order chi connectivity index (χ1) is 17.6. The first kappa shape index (κ1) is 28.0. The van der Waals surface area contributed by atoms with Gasteiger partial charge in [-0.2, -0.15) is 4.31 Å². The Kier molecular flexibility index (Phi) is 8.91. The van der Waals surface area contributed by atoms with E-state index >= 15 is 0 Å². The third-order valence-electron chi connectivity index (χ3n) is 7.09. The molecule has 0 aliphatic carbocycles. The molecule has 7 nitrogen and oxygen atoms in total. The summed E-state index contributed by atoms with van der Waals surface area (Å²) in [5, 5.41) is 1.21. The summed E-state index contributed by atoms with van der Waals surface area (Å²) < 4.78 is 28.8. The molecule has 0 N–H and O–H groups in total. The number of thiazole rings is 1. The number of rotatable bonds is 9. The van der Waals surface area contributed by atoms with Crippen LogP contribution in [0.2, 0.25) is 5.02 Å². The van der Waals surface area contributed by atoms with E-state index < -0.39 is 10.0 Å². The van der Waals surface area contributed by atoms with Crippen molar-refractivity contribution in [2.45, 2.75) is 45.4 Å². The fourth-order valence-corrected chi connectivity index (χ4v) is 7.52. The number of anilines is 1. The minimum Gasteiger partial charge on any atom is -0.302 e. The molecule has 1 saturated heterocycles. The van der Waals surface area contributed by atoms with E-state index in [9.17, 15) is 13.2 Å². The Morgan fingerprint density at radius 3 is 2.35 bits per heavy atom. The predicted octanol–water partition coefficient (Wildman–Crippen LogP) is 5.34. The zero-order chi connectivity index (χ0) is 26.7. The molecule has 0 spiro atoms. The van der Waals surface area contributed by atoms with E-state index in [1.165, 1.54) is 16.4 Å². The van der Waals surface area contributed by atoms with Crippen LogP contribution in [0.15, 0.2) is 41.3 Å². The van der Waals surface area contributed by atoms with Gasteiger partial charge in [0.25, 0.3) is 0 Å². The summed E-state index contributed by atoms with van der Waals surface area (Å²) in [6, 6.07) is 10.4. The Hall–Kier alpha value is -2.04. The van der Waals surface area contributed by atoms with Gasteiger partial charge in [-0.1, -0.05) is 42.9 Å². The molecular weight excluding hydrogens is 528 g/mol. The molecule has 1 aliphatic rings. The molecule has 2 aromatic carbocycles. The number of carbonyl (C=O) groups is 1. The molecule has 1 fully saturated rings. The number of fused-ring (bicyclic) bond motifs is 1. The second-order valence-corrected chi connectivity index (χ2v) is 12.9. The molecule has 0 atom stereocenters. The van der Waals surface area contributed by atoms with E-state index in [0.717, 1.165) is 46.1 Å². The molecular formula is C27H35ClN4O3S2. The van der Waals surface area contributed by atoms with Crippen LogP contribution in [0.1, 0.15) is 37.8 Å². The molecule has 1 amide bonds. The Bertz CT molecular complexity index is 1350. The van der Waals surface area contributed by atoms with Crippen molar-refractivity contribution in [2.24, 2.45) is 5.92 Å². The fraction of sp³-hybridized carbons (Fsp3) is 0.481. The molecule has 0 unspecified atom stereocenters. The van der Waals surface area contributed by atoms with Gasteiger partial charge in [-0.25, -0.2) is 13.4 Å². The standard InChI is InChI=1S/C27H35ClN4O3S2/c1-5-30(6-2)15-16-32(27-29-24-18-19(3)17-20(4)25(24)36-27)26(33)21-11-13-31(14-12-21)37(34,35)23-9-7-22(28)8-10-23/h7-10,17-18,21H,5-6,11-16H2,1-4H3. The molecule has 10 heteroatoms. The van der Waals surface area contributed by atoms with Crippen LogP contribution >= 0.6 is 22.9 Å². The molecule has 0 bridgehead atoms. The number of aromatic nitrogens is 1. The van der Waals surface area contributed by atoms with E-state index in [4.69, 9.17) is 16.6 Å². The molecule has 0 saturated carbocycles. The number of carbonyl (C=O) groups excluding carboxylic acids is 1. The number of piperidine rings is 1. The van der Waals surface area contributed by atoms with Gasteiger partial charge in [-0.05, 0) is 81.2 Å². The average molecular weight is 563 g/mol. The van der Waals surface area contributed by atoms with Gasteiger partial charge in [0, 0.05) is 37.1 Å². The van der Waals surface area contributed by atoms with Crippen molar-refractivity contribution in [3.8, 4) is 0 Å². The van der Waals surface area contributed by atoms with Crippen LogP contribution in [0.4, 0.5) is 5.13 Å². The Morgan fingerprint density at radius 2 is 1.73 bits per heavy atom. The van der Waals surface area contributed by atoms with E-state index in [-0.39, 0.29) is 16.7 Å². The molecule has 1 aliphatic heterocycles. The highest BCUT2D eigenvalue weighted by Gasteiger charge is 2.35. The van der Waals surface area contributed by atoms with Gasteiger partial charge in [0.15, 0.2) is 5.13 Å². The van der Waals surface area contributed by atoms with Crippen molar-refractivity contribution in [3.05, 3.63) is 52.5 Å². The molecule has 3 aromatic rings. The Labute approximate surface area is 229 Å². The second-order valence-electron chi connectivity index (χ2n) is 9.58. The second kappa shape index (κ2) is 11.8. The lowest BCUT2D eigenvalue weighted by Gasteiger charge is -2.33. The third kappa shape index (κ3) is 6.17. The average Bonchev–Trinajstić information content (AvgIpc) is 3.31. The zero-order valence-electron chi connectivity index (χ0n) is 21.9. The lowest BCUT2D eigenvalue weighted by atomic mass is 9.96. The number of nitrogens with zero attached hydrogens (tertiary/aromatic N) is 4. The zero-order valence-corrected chi connectivity index (χ0v) is 24.3. The highest BCUT2D eigenvalue weighted by atomic mass is 35.5. The highest BCUT2D eigenvalue weighted by molar-refractivity contribution is 7.89. The summed E-state index contributed by atoms with van der Waals surface area (Å²) in [5.74, 6) is -0.215. The van der Waals surface area contributed by atoms with E-state index in [2.05, 4.69) is 44.7 Å². The minimum absolute atomic E-state index is 0.0316. The maximum atomic E-state index is 13.9. The normalized spacial score (nSPS) is 15.5. The lowest BCUT2D eigenvalue weighted by Crippen LogP contribution is -2.46. The topological polar surface area (TPSA) is 73.8 Å². The van der Waals surface area contributed by atoms with Gasteiger partial charge < -0.3 is 4.90 Å². The summed E-state index contributed by atoms with van der Waals surface area (Å²) in [4.78, 5) is 23.1. The molecule has 2 heterocycles. The molecule has 37 heavy (non-hydrogen) atoms. The number of halogens is 1. The van der Waals surface area contributed by atoms with Crippen molar-refractivity contribution in [2.75, 3.05) is 44.2 Å². The summed E-state index contributed by atoms with van der Waals surface area (Å²) in [6.45, 7) is 12.1. The van der Waals surface area contributed by atoms with Crippen molar-refractivity contribution in [1.29, 1.82) is 0 Å². The number of likely N-dealkylation sites (N-methyl/N-ethyl adjacent to an activating group) is 1. The monoisotopic (exact) mass is 562 g/mol. The molecule has 0 radical (unpaired) electrons. The first-order valence-electron chi connectivity index (χ1n) is 12.8. The molecule has 200 valence electrons. The van der Waals surface area contributed by atoms with Crippen molar-refractivity contribution < 1.29 is 13.2 Å². The number of hydrogen-bond acceptors (Lipinski definition) is 6. The van der Waals surface area contributed by atoms with Crippen molar-refractivity contribution >= 4 is 54.2 Å². The minimum atomic E-state index is -3.62. The van der Waals surface area contributed by atoms with E-state index in [1.807, 2.05) is 4.90 Å². The van der Waals surface area contributed by atoms with Gasteiger partial charge in [0.2, 0.25) is 15.9 Å². The van der Waals surface area contributed by atoms with Crippen LogP contribution < -0.4 is 4.90 Å². The maximum absolute atomic E-state index is 13.9.